The first-order valence-electron chi connectivity index (χ1n) is 5.84. The first-order valence-corrected chi connectivity index (χ1v) is 5.84. The monoisotopic (exact) mass is 280 g/mol. The van der Waals surface area contributed by atoms with E-state index in [2.05, 4.69) is 0 Å². The molecule has 0 radical (unpaired) electrons. The van der Waals surface area contributed by atoms with Gasteiger partial charge < -0.3 is 5.11 Å². The number of hydrogen-bond donors (Lipinski definition) is 1. The first-order chi connectivity index (χ1) is 9.36. The van der Waals surface area contributed by atoms with Crippen LogP contribution in [0.2, 0.25) is 0 Å². The summed E-state index contributed by atoms with van der Waals surface area (Å²) in [4.78, 5) is 10.8. The maximum Gasteiger partial charge on any atom is 0.416 e. The van der Waals surface area contributed by atoms with Gasteiger partial charge in [-0.3, -0.25) is 0 Å². The van der Waals surface area contributed by atoms with Gasteiger partial charge in [0.05, 0.1) is 11.1 Å². The van der Waals surface area contributed by atoms with Crippen LogP contribution in [0.25, 0.3) is 0 Å². The van der Waals surface area contributed by atoms with Gasteiger partial charge in [-0.15, -0.1) is 0 Å². The fourth-order valence-electron chi connectivity index (χ4n) is 1.86. The highest BCUT2D eigenvalue weighted by molar-refractivity contribution is 5.87. The van der Waals surface area contributed by atoms with Crippen LogP contribution in [0.5, 0.6) is 0 Å². The number of benzene rings is 2. The molecule has 0 aromatic heterocycles. The molecule has 0 fully saturated rings. The Balaban J connectivity index is 2.18. The summed E-state index contributed by atoms with van der Waals surface area (Å²) in [6.45, 7) is 0. The minimum Gasteiger partial charge on any atom is -0.478 e. The molecule has 0 spiro atoms. The lowest BCUT2D eigenvalue weighted by Gasteiger charge is -2.08. The van der Waals surface area contributed by atoms with Gasteiger partial charge in [0.2, 0.25) is 0 Å². The number of carboxylic acid groups (broad SMARTS) is 1. The molecular weight excluding hydrogens is 269 g/mol. The first kappa shape index (κ1) is 14.1. The molecule has 2 aromatic carbocycles. The molecule has 0 aliphatic rings. The van der Waals surface area contributed by atoms with Crippen molar-refractivity contribution in [1.82, 2.24) is 0 Å². The lowest BCUT2D eigenvalue weighted by atomic mass is 10.0. The number of carboxylic acids is 1. The smallest absolute Gasteiger partial charge is 0.416 e. The number of carbonyl (C=O) groups is 1. The number of halogens is 3. The van der Waals surface area contributed by atoms with E-state index in [-0.39, 0.29) is 5.56 Å². The molecule has 5 heteroatoms. The summed E-state index contributed by atoms with van der Waals surface area (Å²) in [5.74, 6) is -1.03. The largest absolute Gasteiger partial charge is 0.478 e. The third kappa shape index (κ3) is 3.38. The van der Waals surface area contributed by atoms with E-state index in [9.17, 15) is 18.0 Å². The number of hydrogen-bond acceptors (Lipinski definition) is 1. The second-order valence-corrected chi connectivity index (χ2v) is 4.38. The predicted molar refractivity (Wildman–Crippen MR) is 67.7 cm³/mol. The van der Waals surface area contributed by atoms with Crippen molar-refractivity contribution in [1.29, 1.82) is 0 Å². The molecular formula is C15H11F3O2. The fourth-order valence-corrected chi connectivity index (χ4v) is 1.86. The Morgan fingerprint density at radius 2 is 1.65 bits per heavy atom. The Morgan fingerprint density at radius 3 is 2.20 bits per heavy atom. The molecule has 0 aliphatic heterocycles. The van der Waals surface area contributed by atoms with Crippen molar-refractivity contribution in [3.8, 4) is 0 Å². The summed E-state index contributed by atoms with van der Waals surface area (Å²) in [7, 11) is 0. The van der Waals surface area contributed by atoms with Crippen LogP contribution in [0.4, 0.5) is 13.2 Å². The molecule has 0 heterocycles. The molecule has 0 atom stereocenters. The summed E-state index contributed by atoms with van der Waals surface area (Å²) in [5, 5.41) is 8.88. The molecule has 0 unspecified atom stereocenters. The topological polar surface area (TPSA) is 37.3 Å². The van der Waals surface area contributed by atoms with Crippen molar-refractivity contribution in [2.45, 2.75) is 12.6 Å². The van der Waals surface area contributed by atoms with Gasteiger partial charge in [-0.2, -0.15) is 13.2 Å². The van der Waals surface area contributed by atoms with Crippen LogP contribution in [0.3, 0.4) is 0 Å². The third-order valence-electron chi connectivity index (χ3n) is 2.86. The molecule has 20 heavy (non-hydrogen) atoms. The zero-order valence-electron chi connectivity index (χ0n) is 10.3. The molecule has 104 valence electrons. The van der Waals surface area contributed by atoms with Crippen LogP contribution in [0.1, 0.15) is 27.0 Å². The van der Waals surface area contributed by atoms with Crippen LogP contribution in [-0.2, 0) is 12.6 Å². The van der Waals surface area contributed by atoms with E-state index >= 15 is 0 Å². The Bertz CT molecular complexity index is 616. The predicted octanol–water partition coefficient (Wildman–Crippen LogP) is 3.99. The van der Waals surface area contributed by atoms with Crippen LogP contribution < -0.4 is 0 Å². The van der Waals surface area contributed by atoms with E-state index in [1.54, 1.807) is 12.1 Å². The molecule has 2 rings (SSSR count). The molecule has 0 bridgehead atoms. The molecule has 1 N–H and O–H groups in total. The highest BCUT2D eigenvalue weighted by Crippen LogP contribution is 2.29. The quantitative estimate of drug-likeness (QED) is 0.922. The number of aromatic carboxylic acids is 1. The molecule has 2 aromatic rings. The van der Waals surface area contributed by atoms with Gasteiger partial charge in [-0.25, -0.2) is 4.79 Å². The van der Waals surface area contributed by atoms with E-state index in [0.717, 1.165) is 17.7 Å². The Labute approximate surface area is 113 Å². The van der Waals surface area contributed by atoms with Gasteiger partial charge in [0.15, 0.2) is 0 Å². The molecule has 0 saturated carbocycles. The maximum absolute atomic E-state index is 12.4. The van der Waals surface area contributed by atoms with Crippen molar-refractivity contribution >= 4 is 5.97 Å². The lowest BCUT2D eigenvalue weighted by molar-refractivity contribution is -0.137. The van der Waals surface area contributed by atoms with Crippen molar-refractivity contribution < 1.29 is 23.1 Å². The van der Waals surface area contributed by atoms with E-state index in [0.29, 0.717) is 12.0 Å². The van der Waals surface area contributed by atoms with Crippen LogP contribution in [-0.4, -0.2) is 11.1 Å². The van der Waals surface area contributed by atoms with Crippen LogP contribution in [0, 0.1) is 0 Å². The average molecular weight is 280 g/mol. The van der Waals surface area contributed by atoms with Gasteiger partial charge in [-0.1, -0.05) is 24.3 Å². The molecule has 0 saturated heterocycles. The molecule has 0 amide bonds. The molecule has 0 aliphatic carbocycles. The lowest BCUT2D eigenvalue weighted by Crippen LogP contribution is -2.04. The summed E-state index contributed by atoms with van der Waals surface area (Å²) in [6.07, 6.45) is -3.96. The standard InChI is InChI=1S/C15H11F3O2/c16-15(17,18)13-6-4-10(5-7-13)8-11-2-1-3-12(9-11)14(19)20/h1-7,9H,8H2,(H,19,20). The van der Waals surface area contributed by atoms with Crippen LogP contribution >= 0.6 is 0 Å². The molecule has 2 nitrogen and oxygen atoms in total. The summed E-state index contributed by atoms with van der Waals surface area (Å²) >= 11 is 0. The van der Waals surface area contributed by atoms with Crippen molar-refractivity contribution in [2.75, 3.05) is 0 Å². The number of alkyl halides is 3. The van der Waals surface area contributed by atoms with Gasteiger partial charge in [0.1, 0.15) is 0 Å². The second kappa shape index (κ2) is 5.36. The fraction of sp³-hybridized carbons (Fsp3) is 0.133. The van der Waals surface area contributed by atoms with Crippen molar-refractivity contribution in [3.05, 3.63) is 70.8 Å². The van der Waals surface area contributed by atoms with E-state index < -0.39 is 17.7 Å². The zero-order chi connectivity index (χ0) is 14.8. The number of rotatable bonds is 3. The second-order valence-electron chi connectivity index (χ2n) is 4.38. The van der Waals surface area contributed by atoms with Crippen LogP contribution in [0.15, 0.2) is 48.5 Å². The van der Waals surface area contributed by atoms with Gasteiger partial charge in [0.25, 0.3) is 0 Å². The minimum atomic E-state index is -4.35. The summed E-state index contributed by atoms with van der Waals surface area (Å²) < 4.78 is 37.3. The van der Waals surface area contributed by atoms with Crippen molar-refractivity contribution in [2.24, 2.45) is 0 Å². The van der Waals surface area contributed by atoms with Gasteiger partial charge in [-0.05, 0) is 41.8 Å². The van der Waals surface area contributed by atoms with Gasteiger partial charge >= 0.3 is 12.1 Å². The minimum absolute atomic E-state index is 0.161. The SMILES string of the molecule is O=C(O)c1cccc(Cc2ccc(C(F)(F)F)cc2)c1. The normalized spacial score (nSPS) is 11.3. The maximum atomic E-state index is 12.4. The third-order valence-corrected chi connectivity index (χ3v) is 2.86. The highest BCUT2D eigenvalue weighted by Gasteiger charge is 2.29. The summed E-state index contributed by atoms with van der Waals surface area (Å²) in [5.41, 5.74) is 0.903. The average Bonchev–Trinajstić information content (AvgIpc) is 2.38. The zero-order valence-corrected chi connectivity index (χ0v) is 10.3. The van der Waals surface area contributed by atoms with E-state index in [1.807, 2.05) is 0 Å². The van der Waals surface area contributed by atoms with Crippen molar-refractivity contribution in [3.63, 3.8) is 0 Å². The summed E-state index contributed by atoms with van der Waals surface area (Å²) in [6, 6.07) is 11.2. The Hall–Kier alpha value is -2.30. The highest BCUT2D eigenvalue weighted by atomic mass is 19.4. The van der Waals surface area contributed by atoms with E-state index in [1.165, 1.54) is 24.3 Å². The Morgan fingerprint density at radius 1 is 1.00 bits per heavy atom. The van der Waals surface area contributed by atoms with Gasteiger partial charge in [0, 0.05) is 0 Å². The Kier molecular flexibility index (Phi) is 3.79. The van der Waals surface area contributed by atoms with E-state index in [4.69, 9.17) is 5.11 Å².